The minimum Gasteiger partial charge on any atom is -0.490 e. The summed E-state index contributed by atoms with van der Waals surface area (Å²) in [5.41, 5.74) is 1.24. The van der Waals surface area contributed by atoms with E-state index in [2.05, 4.69) is 0 Å². The van der Waals surface area contributed by atoms with Gasteiger partial charge >= 0.3 is 0 Å². The summed E-state index contributed by atoms with van der Waals surface area (Å²) < 4.78 is 46.2. The van der Waals surface area contributed by atoms with Gasteiger partial charge in [0.25, 0.3) is 11.8 Å². The lowest BCUT2D eigenvalue weighted by atomic mass is 9.77. The molecular weight excluding hydrogens is 493 g/mol. The SMILES string of the molecule is CC(C)(C)C(CS(=O)(=O)CCCCCN1C(=O)c2ccccc2C1=O)c1ccc(F)c(OCC2CC2)c1. The van der Waals surface area contributed by atoms with Crippen LogP contribution in [0, 0.1) is 17.2 Å². The minimum absolute atomic E-state index is 0.0218. The predicted molar refractivity (Wildman–Crippen MR) is 141 cm³/mol. The van der Waals surface area contributed by atoms with E-state index in [-0.39, 0.29) is 46.9 Å². The van der Waals surface area contributed by atoms with E-state index >= 15 is 0 Å². The molecule has 2 amide bonds. The van der Waals surface area contributed by atoms with Gasteiger partial charge in [-0.3, -0.25) is 14.5 Å². The second kappa shape index (κ2) is 10.9. The quantitative estimate of drug-likeness (QED) is 0.263. The molecule has 0 radical (unpaired) electrons. The van der Waals surface area contributed by atoms with E-state index in [0.29, 0.717) is 42.9 Å². The largest absolute Gasteiger partial charge is 0.490 e. The molecule has 2 aliphatic rings. The molecule has 0 aromatic heterocycles. The van der Waals surface area contributed by atoms with Crippen molar-refractivity contribution in [3.8, 4) is 5.75 Å². The predicted octanol–water partition coefficient (Wildman–Crippen LogP) is 5.63. The van der Waals surface area contributed by atoms with Gasteiger partial charge in [-0.05, 0) is 66.8 Å². The van der Waals surface area contributed by atoms with Crippen molar-refractivity contribution in [3.05, 3.63) is 65.0 Å². The number of amides is 2. The Labute approximate surface area is 219 Å². The number of hydrogen-bond donors (Lipinski definition) is 0. The van der Waals surface area contributed by atoms with Gasteiger partial charge in [0, 0.05) is 12.5 Å². The number of rotatable bonds is 12. The van der Waals surface area contributed by atoms with E-state index < -0.39 is 15.7 Å². The summed E-state index contributed by atoms with van der Waals surface area (Å²) in [5.74, 6) is -0.681. The van der Waals surface area contributed by atoms with Crippen molar-refractivity contribution in [2.24, 2.45) is 11.3 Å². The highest BCUT2D eigenvalue weighted by molar-refractivity contribution is 7.91. The van der Waals surface area contributed by atoms with Crippen LogP contribution >= 0.6 is 0 Å². The molecule has 2 aromatic carbocycles. The van der Waals surface area contributed by atoms with Gasteiger partial charge in [-0.15, -0.1) is 0 Å². The Morgan fingerprint density at radius 1 is 1.00 bits per heavy atom. The van der Waals surface area contributed by atoms with Gasteiger partial charge in [-0.25, -0.2) is 12.8 Å². The first-order valence-electron chi connectivity index (χ1n) is 13.0. The molecule has 4 rings (SSSR count). The zero-order chi connectivity index (χ0) is 26.8. The second-order valence-corrected chi connectivity index (χ2v) is 13.6. The van der Waals surface area contributed by atoms with Crippen LogP contribution in [0.4, 0.5) is 4.39 Å². The van der Waals surface area contributed by atoms with Crippen LogP contribution in [-0.2, 0) is 9.84 Å². The van der Waals surface area contributed by atoms with Crippen molar-refractivity contribution in [1.82, 2.24) is 4.90 Å². The molecule has 2 aromatic rings. The Balaban J connectivity index is 1.31. The zero-order valence-electron chi connectivity index (χ0n) is 21.8. The summed E-state index contributed by atoms with van der Waals surface area (Å²) in [6.45, 7) is 6.73. The molecule has 1 fully saturated rings. The summed E-state index contributed by atoms with van der Waals surface area (Å²) in [6.07, 6.45) is 3.78. The summed E-state index contributed by atoms with van der Waals surface area (Å²) in [6, 6.07) is 11.4. The van der Waals surface area contributed by atoms with E-state index in [9.17, 15) is 22.4 Å². The van der Waals surface area contributed by atoms with Gasteiger partial charge in [-0.1, -0.05) is 45.4 Å². The van der Waals surface area contributed by atoms with Crippen molar-refractivity contribution in [3.63, 3.8) is 0 Å². The average molecular weight is 530 g/mol. The highest BCUT2D eigenvalue weighted by Gasteiger charge is 2.35. The first-order valence-corrected chi connectivity index (χ1v) is 14.9. The topological polar surface area (TPSA) is 80.8 Å². The number of benzene rings is 2. The summed E-state index contributed by atoms with van der Waals surface area (Å²) in [7, 11) is -3.40. The van der Waals surface area contributed by atoms with Gasteiger partial charge in [0.15, 0.2) is 21.4 Å². The number of ether oxygens (including phenoxy) is 1. The maximum Gasteiger partial charge on any atom is 0.261 e. The maximum absolute atomic E-state index is 14.3. The monoisotopic (exact) mass is 529 g/mol. The Bertz CT molecular complexity index is 1230. The molecule has 0 N–H and O–H groups in total. The summed E-state index contributed by atoms with van der Waals surface area (Å²) >= 11 is 0. The number of carbonyl (C=O) groups is 2. The third-order valence-corrected chi connectivity index (χ3v) is 8.96. The molecule has 8 heteroatoms. The van der Waals surface area contributed by atoms with E-state index in [1.165, 1.54) is 11.0 Å². The number of imide groups is 1. The molecule has 0 bridgehead atoms. The fourth-order valence-corrected chi connectivity index (χ4v) is 6.74. The second-order valence-electron chi connectivity index (χ2n) is 11.3. The number of sulfone groups is 1. The number of hydrogen-bond acceptors (Lipinski definition) is 5. The fourth-order valence-electron chi connectivity index (χ4n) is 4.73. The molecule has 1 saturated carbocycles. The summed E-state index contributed by atoms with van der Waals surface area (Å²) in [4.78, 5) is 26.2. The minimum atomic E-state index is -3.40. The smallest absolute Gasteiger partial charge is 0.261 e. The van der Waals surface area contributed by atoms with Crippen LogP contribution in [0.2, 0.25) is 0 Å². The lowest BCUT2D eigenvalue weighted by molar-refractivity contribution is 0.0651. The van der Waals surface area contributed by atoms with Gasteiger partial charge in [-0.2, -0.15) is 0 Å². The van der Waals surface area contributed by atoms with Crippen molar-refractivity contribution in [1.29, 1.82) is 0 Å². The number of halogens is 1. The number of fused-ring (bicyclic) bond motifs is 1. The highest BCUT2D eigenvalue weighted by atomic mass is 32.2. The molecular formula is C29H36FNO5S. The Hall–Kier alpha value is -2.74. The molecule has 0 saturated heterocycles. The first-order chi connectivity index (χ1) is 17.5. The normalized spacial score (nSPS) is 16.7. The van der Waals surface area contributed by atoms with E-state index in [1.54, 1.807) is 36.4 Å². The highest BCUT2D eigenvalue weighted by Crippen LogP contribution is 2.39. The average Bonchev–Trinajstić information content (AvgIpc) is 3.64. The van der Waals surface area contributed by atoms with Gasteiger partial charge in [0.1, 0.15) is 0 Å². The van der Waals surface area contributed by atoms with Crippen molar-refractivity contribution in [2.75, 3.05) is 24.7 Å². The molecule has 37 heavy (non-hydrogen) atoms. The summed E-state index contributed by atoms with van der Waals surface area (Å²) in [5, 5.41) is 0. The van der Waals surface area contributed by atoms with Crippen LogP contribution in [0.15, 0.2) is 42.5 Å². The van der Waals surface area contributed by atoms with E-state index in [1.807, 2.05) is 20.8 Å². The lowest BCUT2D eigenvalue weighted by Crippen LogP contribution is -2.30. The van der Waals surface area contributed by atoms with Crippen LogP contribution in [0.5, 0.6) is 5.75 Å². The molecule has 1 aliphatic heterocycles. The van der Waals surface area contributed by atoms with Gasteiger partial charge < -0.3 is 4.74 Å². The first kappa shape index (κ1) is 27.3. The van der Waals surface area contributed by atoms with Crippen LogP contribution < -0.4 is 4.74 Å². The molecule has 0 spiro atoms. The number of unbranched alkanes of at least 4 members (excludes halogenated alkanes) is 2. The van der Waals surface area contributed by atoms with Crippen LogP contribution in [-0.4, -0.2) is 49.8 Å². The molecule has 1 aliphatic carbocycles. The van der Waals surface area contributed by atoms with Crippen LogP contribution in [0.3, 0.4) is 0 Å². The Morgan fingerprint density at radius 2 is 1.65 bits per heavy atom. The Morgan fingerprint density at radius 3 is 2.24 bits per heavy atom. The molecule has 6 nitrogen and oxygen atoms in total. The van der Waals surface area contributed by atoms with Crippen LogP contribution in [0.25, 0.3) is 0 Å². The van der Waals surface area contributed by atoms with Crippen LogP contribution in [0.1, 0.15) is 85.1 Å². The molecule has 1 unspecified atom stereocenters. The third-order valence-electron chi connectivity index (χ3n) is 7.21. The van der Waals surface area contributed by atoms with Crippen molar-refractivity contribution < 1.29 is 27.1 Å². The van der Waals surface area contributed by atoms with E-state index in [0.717, 1.165) is 18.4 Å². The van der Waals surface area contributed by atoms with Gasteiger partial charge in [0.05, 0.1) is 29.2 Å². The Kier molecular flexibility index (Phi) is 8.07. The molecule has 1 heterocycles. The zero-order valence-corrected chi connectivity index (χ0v) is 22.7. The third kappa shape index (κ3) is 6.78. The van der Waals surface area contributed by atoms with Crippen molar-refractivity contribution in [2.45, 2.75) is 58.8 Å². The van der Waals surface area contributed by atoms with E-state index in [4.69, 9.17) is 4.74 Å². The molecule has 1 atom stereocenters. The van der Waals surface area contributed by atoms with Crippen molar-refractivity contribution >= 4 is 21.7 Å². The fraction of sp³-hybridized carbons (Fsp3) is 0.517. The number of carbonyl (C=O) groups excluding carboxylic acids is 2. The lowest BCUT2D eigenvalue weighted by Gasteiger charge is -2.31. The van der Waals surface area contributed by atoms with Gasteiger partial charge in [0.2, 0.25) is 0 Å². The molecule has 200 valence electrons. The standard InChI is InChI=1S/C29H36FNO5S/c1-29(2,3)24(21-13-14-25(30)26(17-21)36-18-20-11-12-20)19-37(34,35)16-8-4-7-15-31-27(32)22-9-5-6-10-23(22)28(31)33/h5-6,9-10,13-14,17,20,24H,4,7-8,11-12,15-16,18-19H2,1-3H3. The number of nitrogens with zero attached hydrogens (tertiary/aromatic N) is 1. The maximum atomic E-state index is 14.3.